The molecule has 0 atom stereocenters. The van der Waals surface area contributed by atoms with Crippen molar-refractivity contribution < 1.29 is 18.9 Å². The number of oxazole rings is 1. The molecule has 0 radical (unpaired) electrons. The summed E-state index contributed by atoms with van der Waals surface area (Å²) in [6.07, 6.45) is 0. The molecule has 2 heterocycles. The molecule has 0 unspecified atom stereocenters. The minimum absolute atomic E-state index is 0.0293. The highest BCUT2D eigenvalue weighted by Crippen LogP contribution is 2.34. The van der Waals surface area contributed by atoms with Crippen molar-refractivity contribution in [3.05, 3.63) is 93.5 Å². The number of thiocarbonyl (C=S) groups is 1. The Morgan fingerprint density at radius 3 is 2.61 bits per heavy atom. The van der Waals surface area contributed by atoms with Crippen molar-refractivity contribution in [1.29, 1.82) is 0 Å². The summed E-state index contributed by atoms with van der Waals surface area (Å²) in [5.41, 5.74) is 2.97. The quantitative estimate of drug-likeness (QED) is 0.141. The molecule has 2 N–H and O–H groups in total. The molecule has 41 heavy (non-hydrogen) atoms. The monoisotopic (exact) mass is 587 g/mol. The zero-order chi connectivity index (χ0) is 28.5. The van der Waals surface area contributed by atoms with E-state index in [1.807, 2.05) is 41.3 Å². The van der Waals surface area contributed by atoms with Crippen LogP contribution in [0.2, 0.25) is 5.02 Å². The molecule has 6 rings (SSSR count). The average molecular weight is 588 g/mol. The molecule has 1 aromatic heterocycles. The van der Waals surface area contributed by atoms with Crippen LogP contribution in [0.5, 0.6) is 0 Å². The molecule has 1 amide bonds. The lowest BCUT2D eigenvalue weighted by molar-refractivity contribution is -0.384. The lowest BCUT2D eigenvalue weighted by Gasteiger charge is -2.28. The van der Waals surface area contributed by atoms with Gasteiger partial charge >= 0.3 is 0 Å². The number of hydrogen-bond acceptors (Lipinski definition) is 8. The number of nitro benzene ring substituents is 1. The molecular weight excluding hydrogens is 566 g/mol. The number of nitrogens with one attached hydrogen (secondary N) is 2. The fourth-order valence-corrected chi connectivity index (χ4v) is 5.25. The summed E-state index contributed by atoms with van der Waals surface area (Å²) in [6.45, 7) is 2.04. The van der Waals surface area contributed by atoms with Gasteiger partial charge in [-0.15, -0.1) is 0 Å². The number of nitro groups is 1. The van der Waals surface area contributed by atoms with Crippen LogP contribution in [-0.2, 0) is 4.74 Å². The second-order valence-corrected chi connectivity index (χ2v) is 10.1. The first-order chi connectivity index (χ1) is 19.9. The Kier molecular flexibility index (Phi) is 7.23. The van der Waals surface area contributed by atoms with Crippen molar-refractivity contribution in [2.45, 2.75) is 0 Å². The SMILES string of the molecule is O=C(NC(=S)Nc1ccc2oc(-c3cccc4c(Cl)cccc34)nc2c1)c1ccc(N2CCOCC2)c([N+](=O)[O-])c1. The highest BCUT2D eigenvalue weighted by Gasteiger charge is 2.24. The van der Waals surface area contributed by atoms with Crippen LogP contribution in [0.15, 0.2) is 77.2 Å². The number of anilines is 2. The Bertz CT molecular complexity index is 1840. The van der Waals surface area contributed by atoms with Crippen LogP contribution in [0, 0.1) is 10.1 Å². The normalized spacial score (nSPS) is 13.3. The summed E-state index contributed by atoms with van der Waals surface area (Å²) in [7, 11) is 0. The number of halogens is 1. The Morgan fingerprint density at radius 1 is 1.02 bits per heavy atom. The molecule has 1 aliphatic rings. The fourth-order valence-electron chi connectivity index (χ4n) is 4.80. The van der Waals surface area contributed by atoms with Gasteiger partial charge in [0.1, 0.15) is 11.2 Å². The molecule has 0 bridgehead atoms. The van der Waals surface area contributed by atoms with Gasteiger partial charge in [-0.05, 0) is 60.1 Å². The molecule has 4 aromatic carbocycles. The van der Waals surface area contributed by atoms with Crippen LogP contribution in [0.1, 0.15) is 10.4 Å². The lowest BCUT2D eigenvalue weighted by Crippen LogP contribution is -2.37. The van der Waals surface area contributed by atoms with Crippen molar-refractivity contribution in [1.82, 2.24) is 10.3 Å². The van der Waals surface area contributed by atoms with Gasteiger partial charge in [-0.25, -0.2) is 4.98 Å². The molecule has 10 nitrogen and oxygen atoms in total. The molecule has 12 heteroatoms. The van der Waals surface area contributed by atoms with Crippen LogP contribution in [-0.4, -0.2) is 47.2 Å². The molecule has 1 fully saturated rings. The Labute approximate surface area is 244 Å². The van der Waals surface area contributed by atoms with Gasteiger partial charge in [0, 0.05) is 46.4 Å². The smallest absolute Gasteiger partial charge is 0.293 e. The van der Waals surface area contributed by atoms with Crippen LogP contribution in [0.4, 0.5) is 17.1 Å². The number of nitrogens with zero attached hydrogens (tertiary/aromatic N) is 3. The minimum atomic E-state index is -0.571. The summed E-state index contributed by atoms with van der Waals surface area (Å²) in [6, 6.07) is 21.1. The first-order valence-electron chi connectivity index (χ1n) is 12.7. The molecule has 0 spiro atoms. The van der Waals surface area contributed by atoms with Gasteiger partial charge in [0.2, 0.25) is 5.89 Å². The zero-order valence-electron chi connectivity index (χ0n) is 21.4. The number of morpholine rings is 1. The van der Waals surface area contributed by atoms with Crippen LogP contribution >= 0.6 is 23.8 Å². The predicted octanol–water partition coefficient (Wildman–Crippen LogP) is 6.17. The van der Waals surface area contributed by atoms with E-state index in [0.717, 1.165) is 16.3 Å². The first-order valence-corrected chi connectivity index (χ1v) is 13.5. The third kappa shape index (κ3) is 5.42. The van der Waals surface area contributed by atoms with E-state index < -0.39 is 10.8 Å². The number of rotatable bonds is 5. The van der Waals surface area contributed by atoms with E-state index in [1.165, 1.54) is 6.07 Å². The maximum Gasteiger partial charge on any atom is 0.293 e. The van der Waals surface area contributed by atoms with E-state index in [1.54, 1.807) is 30.3 Å². The molecule has 1 aliphatic heterocycles. The van der Waals surface area contributed by atoms with Gasteiger partial charge in [0.15, 0.2) is 10.7 Å². The third-order valence-electron chi connectivity index (χ3n) is 6.76. The number of ether oxygens (including phenoxy) is 1. The van der Waals surface area contributed by atoms with E-state index in [4.69, 9.17) is 33.0 Å². The van der Waals surface area contributed by atoms with E-state index in [2.05, 4.69) is 15.6 Å². The van der Waals surface area contributed by atoms with Crippen molar-refractivity contribution >= 4 is 73.8 Å². The maximum absolute atomic E-state index is 12.9. The van der Waals surface area contributed by atoms with Gasteiger partial charge in [0.05, 0.1) is 18.1 Å². The molecular formula is C29H22ClN5O5S. The van der Waals surface area contributed by atoms with Gasteiger partial charge in [0.25, 0.3) is 11.6 Å². The third-order valence-corrected chi connectivity index (χ3v) is 7.29. The Balaban J connectivity index is 1.18. The Morgan fingerprint density at radius 2 is 1.80 bits per heavy atom. The molecule has 206 valence electrons. The highest BCUT2D eigenvalue weighted by molar-refractivity contribution is 7.80. The molecule has 0 aliphatic carbocycles. The molecule has 1 saturated heterocycles. The van der Waals surface area contributed by atoms with E-state index in [-0.39, 0.29) is 16.4 Å². The summed E-state index contributed by atoms with van der Waals surface area (Å²) in [4.78, 5) is 30.7. The van der Waals surface area contributed by atoms with Crippen molar-refractivity contribution in [2.24, 2.45) is 0 Å². The van der Waals surface area contributed by atoms with E-state index >= 15 is 0 Å². The predicted molar refractivity (Wildman–Crippen MR) is 162 cm³/mol. The van der Waals surface area contributed by atoms with Crippen LogP contribution in [0.3, 0.4) is 0 Å². The fraction of sp³-hybridized carbons (Fsp3) is 0.138. The lowest BCUT2D eigenvalue weighted by atomic mass is 10.0. The molecule has 5 aromatic rings. The van der Waals surface area contributed by atoms with Gasteiger partial charge < -0.3 is 19.4 Å². The maximum atomic E-state index is 12.9. The minimum Gasteiger partial charge on any atom is -0.436 e. The summed E-state index contributed by atoms with van der Waals surface area (Å²) in [5, 5.41) is 19.8. The van der Waals surface area contributed by atoms with E-state index in [0.29, 0.717) is 59.7 Å². The number of carbonyl (C=O) groups excluding carboxylic acids is 1. The van der Waals surface area contributed by atoms with Crippen molar-refractivity contribution in [3.8, 4) is 11.5 Å². The zero-order valence-corrected chi connectivity index (χ0v) is 23.0. The largest absolute Gasteiger partial charge is 0.436 e. The average Bonchev–Trinajstić information content (AvgIpc) is 3.40. The van der Waals surface area contributed by atoms with Crippen molar-refractivity contribution in [3.63, 3.8) is 0 Å². The second-order valence-electron chi connectivity index (χ2n) is 9.31. The number of aromatic nitrogens is 1. The van der Waals surface area contributed by atoms with Crippen LogP contribution in [0.25, 0.3) is 33.3 Å². The van der Waals surface area contributed by atoms with Crippen LogP contribution < -0.4 is 15.5 Å². The Hall–Kier alpha value is -4.58. The number of carbonyl (C=O) groups is 1. The number of amides is 1. The van der Waals surface area contributed by atoms with Crippen molar-refractivity contribution in [2.75, 3.05) is 36.5 Å². The first kappa shape index (κ1) is 26.6. The number of benzene rings is 4. The van der Waals surface area contributed by atoms with Gasteiger partial charge in [-0.2, -0.15) is 0 Å². The summed E-state index contributed by atoms with van der Waals surface area (Å²) >= 11 is 11.7. The summed E-state index contributed by atoms with van der Waals surface area (Å²) in [5.74, 6) is -0.124. The standard InChI is InChI=1S/C29H22ClN5O5S/c30-22-6-2-3-19-20(22)4-1-5-21(19)28-32-23-16-18(8-10-26(23)40-28)31-29(41)33-27(36)17-7-9-24(25(15-17)35(37)38)34-11-13-39-14-12-34/h1-10,15-16H,11-14H2,(H2,31,33,36,41). The second kappa shape index (κ2) is 11.1. The van der Waals surface area contributed by atoms with E-state index in [9.17, 15) is 14.9 Å². The topological polar surface area (TPSA) is 123 Å². The summed E-state index contributed by atoms with van der Waals surface area (Å²) < 4.78 is 11.3. The highest BCUT2D eigenvalue weighted by atomic mass is 35.5. The van der Waals surface area contributed by atoms with Gasteiger partial charge in [-0.1, -0.05) is 35.9 Å². The number of hydrogen-bond donors (Lipinski definition) is 2. The number of fused-ring (bicyclic) bond motifs is 2. The van der Waals surface area contributed by atoms with Gasteiger partial charge in [-0.3, -0.25) is 20.2 Å². The molecule has 0 saturated carbocycles.